The molecule has 19 heavy (non-hydrogen) atoms. The Kier molecular flexibility index (Phi) is 3.64. The van der Waals surface area contributed by atoms with E-state index in [0.717, 1.165) is 30.8 Å². The molecule has 0 aliphatic carbocycles. The molecule has 2 aromatic rings. The monoisotopic (exact) mass is 276 g/mol. The summed E-state index contributed by atoms with van der Waals surface area (Å²) in [7, 11) is 0. The van der Waals surface area contributed by atoms with Crippen molar-refractivity contribution < 1.29 is 9.32 Å². The minimum atomic E-state index is -0.00606. The number of carbonyl (C=O) groups excluding carboxylic acids is 1. The Bertz CT molecular complexity index is 540. The molecule has 1 aliphatic rings. The third-order valence-corrected chi connectivity index (χ3v) is 4.27. The van der Waals surface area contributed by atoms with E-state index in [-0.39, 0.29) is 5.91 Å². The smallest absolute Gasteiger partial charge is 0.276 e. The number of aromatic nitrogens is 1. The molecule has 0 saturated carbocycles. The lowest BCUT2D eigenvalue weighted by Gasteiger charge is -2.18. The fraction of sp³-hybridized carbons (Fsp3) is 0.429. The van der Waals surface area contributed by atoms with Crippen LogP contribution in [0.1, 0.15) is 36.2 Å². The van der Waals surface area contributed by atoms with Crippen molar-refractivity contribution in [3.8, 4) is 10.6 Å². The number of hydrogen-bond acceptors (Lipinski definition) is 4. The van der Waals surface area contributed by atoms with Crippen LogP contribution in [0.5, 0.6) is 0 Å². The van der Waals surface area contributed by atoms with Gasteiger partial charge in [-0.15, -0.1) is 11.3 Å². The fourth-order valence-electron chi connectivity index (χ4n) is 2.35. The molecule has 0 spiro atoms. The largest absolute Gasteiger partial charge is 0.355 e. The predicted octanol–water partition coefficient (Wildman–Crippen LogP) is 3.42. The van der Waals surface area contributed by atoms with Gasteiger partial charge in [0, 0.05) is 19.2 Å². The zero-order valence-electron chi connectivity index (χ0n) is 10.7. The molecule has 4 nitrogen and oxygen atoms in total. The summed E-state index contributed by atoms with van der Waals surface area (Å²) in [6.07, 6.45) is 4.59. The summed E-state index contributed by atoms with van der Waals surface area (Å²) < 4.78 is 5.27. The molecule has 2 aromatic heterocycles. The van der Waals surface area contributed by atoms with Crippen LogP contribution in [0.25, 0.3) is 10.6 Å². The average Bonchev–Trinajstić information content (AvgIpc) is 3.04. The first kappa shape index (κ1) is 12.4. The minimum Gasteiger partial charge on any atom is -0.355 e. The summed E-state index contributed by atoms with van der Waals surface area (Å²) in [6.45, 7) is 1.67. The first-order valence-electron chi connectivity index (χ1n) is 6.64. The van der Waals surface area contributed by atoms with E-state index in [2.05, 4.69) is 5.16 Å². The molecule has 0 N–H and O–H groups in total. The van der Waals surface area contributed by atoms with Crippen molar-refractivity contribution in [3.05, 3.63) is 29.3 Å². The second-order valence-corrected chi connectivity index (χ2v) is 5.71. The molecule has 3 rings (SSSR count). The average molecular weight is 276 g/mol. The van der Waals surface area contributed by atoms with Gasteiger partial charge in [0.15, 0.2) is 11.5 Å². The number of amides is 1. The maximum atomic E-state index is 12.3. The van der Waals surface area contributed by atoms with Gasteiger partial charge in [-0.3, -0.25) is 4.79 Å². The Morgan fingerprint density at radius 2 is 2.05 bits per heavy atom. The van der Waals surface area contributed by atoms with Gasteiger partial charge in [-0.2, -0.15) is 0 Å². The molecule has 0 radical (unpaired) electrons. The molecule has 0 bridgehead atoms. The minimum absolute atomic E-state index is 0.00606. The fourth-order valence-corrected chi connectivity index (χ4v) is 3.02. The molecule has 0 atom stereocenters. The lowest BCUT2D eigenvalue weighted by atomic mass is 10.2. The van der Waals surface area contributed by atoms with Crippen molar-refractivity contribution in [1.82, 2.24) is 10.1 Å². The maximum Gasteiger partial charge on any atom is 0.276 e. The highest BCUT2D eigenvalue weighted by Crippen LogP contribution is 2.25. The van der Waals surface area contributed by atoms with Crippen molar-refractivity contribution in [2.24, 2.45) is 0 Å². The molecule has 1 saturated heterocycles. The number of thiophene rings is 1. The van der Waals surface area contributed by atoms with Crippen LogP contribution < -0.4 is 0 Å². The number of carbonyl (C=O) groups is 1. The normalized spacial score (nSPS) is 16.3. The van der Waals surface area contributed by atoms with E-state index in [1.807, 2.05) is 22.4 Å². The van der Waals surface area contributed by atoms with Gasteiger partial charge in [0.2, 0.25) is 0 Å². The van der Waals surface area contributed by atoms with E-state index in [0.29, 0.717) is 11.5 Å². The number of nitrogens with zero attached hydrogens (tertiary/aromatic N) is 2. The van der Waals surface area contributed by atoms with Crippen molar-refractivity contribution in [2.45, 2.75) is 25.7 Å². The van der Waals surface area contributed by atoms with Gasteiger partial charge in [0.25, 0.3) is 5.91 Å². The van der Waals surface area contributed by atoms with Gasteiger partial charge in [-0.25, -0.2) is 0 Å². The number of hydrogen-bond donors (Lipinski definition) is 0. The Morgan fingerprint density at radius 1 is 1.26 bits per heavy atom. The van der Waals surface area contributed by atoms with E-state index < -0.39 is 0 Å². The summed E-state index contributed by atoms with van der Waals surface area (Å²) >= 11 is 1.58. The second-order valence-electron chi connectivity index (χ2n) is 4.76. The molecular weight excluding hydrogens is 260 g/mol. The van der Waals surface area contributed by atoms with E-state index in [1.165, 1.54) is 12.8 Å². The molecule has 1 fully saturated rings. The predicted molar refractivity (Wildman–Crippen MR) is 74.2 cm³/mol. The van der Waals surface area contributed by atoms with Gasteiger partial charge in [0.1, 0.15) is 0 Å². The molecule has 1 aliphatic heterocycles. The van der Waals surface area contributed by atoms with Gasteiger partial charge in [-0.1, -0.05) is 24.1 Å². The van der Waals surface area contributed by atoms with Gasteiger partial charge >= 0.3 is 0 Å². The van der Waals surface area contributed by atoms with Crippen LogP contribution in [0.4, 0.5) is 0 Å². The second kappa shape index (κ2) is 5.57. The Labute approximate surface area is 116 Å². The first-order valence-corrected chi connectivity index (χ1v) is 7.52. The van der Waals surface area contributed by atoms with Crippen LogP contribution in [-0.4, -0.2) is 29.1 Å². The topological polar surface area (TPSA) is 46.3 Å². The lowest BCUT2D eigenvalue weighted by Crippen LogP contribution is -2.31. The third-order valence-electron chi connectivity index (χ3n) is 3.39. The van der Waals surface area contributed by atoms with Crippen LogP contribution in [0.15, 0.2) is 28.1 Å². The summed E-state index contributed by atoms with van der Waals surface area (Å²) in [4.78, 5) is 15.2. The summed E-state index contributed by atoms with van der Waals surface area (Å²) in [5, 5.41) is 5.90. The van der Waals surface area contributed by atoms with Gasteiger partial charge in [0.05, 0.1) is 4.88 Å². The Hall–Kier alpha value is -1.62. The molecule has 1 amide bonds. The van der Waals surface area contributed by atoms with E-state index in [1.54, 1.807) is 17.4 Å². The van der Waals surface area contributed by atoms with Crippen LogP contribution in [0.3, 0.4) is 0 Å². The molecule has 3 heterocycles. The van der Waals surface area contributed by atoms with Crippen LogP contribution in [-0.2, 0) is 0 Å². The quantitative estimate of drug-likeness (QED) is 0.844. The zero-order valence-corrected chi connectivity index (χ0v) is 11.5. The van der Waals surface area contributed by atoms with Crippen LogP contribution in [0.2, 0.25) is 0 Å². The van der Waals surface area contributed by atoms with Crippen LogP contribution >= 0.6 is 11.3 Å². The van der Waals surface area contributed by atoms with Crippen molar-refractivity contribution in [3.63, 3.8) is 0 Å². The van der Waals surface area contributed by atoms with Crippen molar-refractivity contribution >= 4 is 17.2 Å². The number of rotatable bonds is 2. The molecule has 0 aromatic carbocycles. The molecule has 5 heteroatoms. The highest BCUT2D eigenvalue weighted by Gasteiger charge is 2.21. The van der Waals surface area contributed by atoms with Crippen LogP contribution in [0, 0.1) is 0 Å². The SMILES string of the molecule is O=C(c1cc(-c2cccs2)on1)N1CCCCCC1. The molecule has 100 valence electrons. The molecular formula is C14H16N2O2S. The van der Waals surface area contributed by atoms with Crippen molar-refractivity contribution in [1.29, 1.82) is 0 Å². The van der Waals surface area contributed by atoms with E-state index >= 15 is 0 Å². The van der Waals surface area contributed by atoms with Crippen molar-refractivity contribution in [2.75, 3.05) is 13.1 Å². The third kappa shape index (κ3) is 2.71. The maximum absolute atomic E-state index is 12.3. The molecule has 0 unspecified atom stereocenters. The lowest BCUT2D eigenvalue weighted by molar-refractivity contribution is 0.0751. The zero-order chi connectivity index (χ0) is 13.1. The highest BCUT2D eigenvalue weighted by molar-refractivity contribution is 7.13. The van der Waals surface area contributed by atoms with E-state index in [4.69, 9.17) is 4.52 Å². The summed E-state index contributed by atoms with van der Waals surface area (Å²) in [6, 6.07) is 5.67. The first-order chi connectivity index (χ1) is 9.34. The summed E-state index contributed by atoms with van der Waals surface area (Å²) in [5.74, 6) is 0.668. The summed E-state index contributed by atoms with van der Waals surface area (Å²) in [5.41, 5.74) is 0.422. The Balaban J connectivity index is 1.76. The van der Waals surface area contributed by atoms with Gasteiger partial charge < -0.3 is 9.42 Å². The number of likely N-dealkylation sites (tertiary alicyclic amines) is 1. The highest BCUT2D eigenvalue weighted by atomic mass is 32.1. The van der Waals surface area contributed by atoms with E-state index in [9.17, 15) is 4.79 Å². The Morgan fingerprint density at radius 3 is 2.74 bits per heavy atom. The van der Waals surface area contributed by atoms with Gasteiger partial charge in [-0.05, 0) is 24.3 Å². The standard InChI is InChI=1S/C14H16N2O2S/c17-14(16-7-3-1-2-4-8-16)11-10-12(18-15-11)13-6-5-9-19-13/h5-6,9-10H,1-4,7-8H2.